The summed E-state index contributed by atoms with van der Waals surface area (Å²) in [6.07, 6.45) is 0. The van der Waals surface area contributed by atoms with Gasteiger partial charge in [-0.1, -0.05) is 23.9 Å². The van der Waals surface area contributed by atoms with Crippen LogP contribution in [0.15, 0.2) is 52.1 Å². The zero-order valence-corrected chi connectivity index (χ0v) is 12.9. The molecule has 1 heterocycles. The van der Waals surface area contributed by atoms with E-state index in [0.717, 1.165) is 23.9 Å². The summed E-state index contributed by atoms with van der Waals surface area (Å²) in [5, 5.41) is 2.38. The predicted octanol–water partition coefficient (Wildman–Crippen LogP) is 4.23. The van der Waals surface area contributed by atoms with Gasteiger partial charge in [0.2, 0.25) is 5.91 Å². The van der Waals surface area contributed by atoms with Gasteiger partial charge in [-0.3, -0.25) is 4.79 Å². The van der Waals surface area contributed by atoms with Crippen LogP contribution in [-0.4, -0.2) is 16.1 Å². The average Bonchev–Trinajstić information content (AvgIpc) is 2.93. The van der Waals surface area contributed by atoms with E-state index in [1.807, 2.05) is 18.2 Å². The topological polar surface area (TPSA) is 55.1 Å². The molecule has 1 unspecified atom stereocenters. The maximum Gasteiger partial charge on any atom is 0.257 e. The Labute approximate surface area is 134 Å². The fraction of sp³-hybridized carbons (Fsp3) is 0.125. The number of para-hydroxylation sites is 2. The molecule has 0 spiro atoms. The summed E-state index contributed by atoms with van der Waals surface area (Å²) < 4.78 is 31.5. The highest BCUT2D eigenvalue weighted by Crippen LogP contribution is 2.27. The number of aromatic nitrogens is 1. The summed E-state index contributed by atoms with van der Waals surface area (Å²) in [5.74, 6) is -2.33. The Hall–Kier alpha value is -2.41. The van der Waals surface area contributed by atoms with Crippen LogP contribution in [0.2, 0.25) is 0 Å². The third kappa shape index (κ3) is 3.50. The standard InChI is InChI=1S/C16H12F2N2O2S/c1-9(15(21)19-10-6-7-11(17)12(18)8-10)23-16-20-13-4-2-3-5-14(13)22-16/h2-9H,1H3,(H,19,21). The molecule has 0 aliphatic rings. The van der Waals surface area contributed by atoms with E-state index in [9.17, 15) is 13.6 Å². The lowest BCUT2D eigenvalue weighted by atomic mass is 10.3. The molecule has 0 radical (unpaired) electrons. The smallest absolute Gasteiger partial charge is 0.257 e. The molecule has 7 heteroatoms. The highest BCUT2D eigenvalue weighted by Gasteiger charge is 2.18. The average molecular weight is 334 g/mol. The number of carbonyl (C=O) groups is 1. The van der Waals surface area contributed by atoms with Crippen LogP contribution >= 0.6 is 11.8 Å². The summed E-state index contributed by atoms with van der Waals surface area (Å²) in [7, 11) is 0. The SMILES string of the molecule is CC(Sc1nc2ccccc2o1)C(=O)Nc1ccc(F)c(F)c1. The second-order valence-corrected chi connectivity index (χ2v) is 6.12. The molecule has 0 saturated heterocycles. The maximum atomic E-state index is 13.1. The highest BCUT2D eigenvalue weighted by atomic mass is 32.2. The number of carbonyl (C=O) groups excluding carboxylic acids is 1. The number of oxazole rings is 1. The predicted molar refractivity (Wildman–Crippen MR) is 84.3 cm³/mol. The van der Waals surface area contributed by atoms with E-state index < -0.39 is 16.9 Å². The third-order valence-corrected chi connectivity index (χ3v) is 4.05. The lowest BCUT2D eigenvalue weighted by Gasteiger charge is -2.10. The number of benzene rings is 2. The van der Waals surface area contributed by atoms with Crippen LogP contribution in [0.5, 0.6) is 0 Å². The Kier molecular flexibility index (Phi) is 4.29. The minimum absolute atomic E-state index is 0.193. The van der Waals surface area contributed by atoms with E-state index in [2.05, 4.69) is 10.3 Å². The molecule has 1 amide bonds. The van der Waals surface area contributed by atoms with Crippen molar-refractivity contribution in [2.45, 2.75) is 17.4 Å². The van der Waals surface area contributed by atoms with Gasteiger partial charge in [0.05, 0.1) is 5.25 Å². The molecule has 0 fully saturated rings. The number of halogens is 2. The van der Waals surface area contributed by atoms with Crippen LogP contribution in [0.3, 0.4) is 0 Å². The van der Waals surface area contributed by atoms with Crippen molar-refractivity contribution in [1.29, 1.82) is 0 Å². The van der Waals surface area contributed by atoms with Gasteiger partial charge in [0.15, 0.2) is 17.2 Å². The monoisotopic (exact) mass is 334 g/mol. The Bertz CT molecular complexity index is 833. The van der Waals surface area contributed by atoms with Crippen LogP contribution in [0.4, 0.5) is 14.5 Å². The summed E-state index contributed by atoms with van der Waals surface area (Å²) in [4.78, 5) is 16.4. The van der Waals surface area contributed by atoms with E-state index >= 15 is 0 Å². The summed E-state index contributed by atoms with van der Waals surface area (Å²) in [5.41, 5.74) is 1.55. The van der Waals surface area contributed by atoms with Crippen molar-refractivity contribution >= 4 is 34.5 Å². The van der Waals surface area contributed by atoms with E-state index in [0.29, 0.717) is 16.3 Å². The van der Waals surface area contributed by atoms with Crippen molar-refractivity contribution in [2.75, 3.05) is 5.32 Å². The Morgan fingerprint density at radius 1 is 1.22 bits per heavy atom. The molecule has 4 nitrogen and oxygen atoms in total. The lowest BCUT2D eigenvalue weighted by molar-refractivity contribution is -0.115. The van der Waals surface area contributed by atoms with Crippen molar-refractivity contribution in [1.82, 2.24) is 4.98 Å². The second-order valence-electron chi connectivity index (χ2n) is 4.83. The quantitative estimate of drug-likeness (QED) is 0.726. The van der Waals surface area contributed by atoms with Crippen LogP contribution in [0, 0.1) is 11.6 Å². The molecule has 0 bridgehead atoms. The molecule has 1 aromatic heterocycles. The van der Waals surface area contributed by atoms with Gasteiger partial charge in [-0.2, -0.15) is 0 Å². The van der Waals surface area contributed by atoms with Crippen LogP contribution in [0.1, 0.15) is 6.92 Å². The van der Waals surface area contributed by atoms with Gasteiger partial charge in [-0.25, -0.2) is 13.8 Å². The first-order valence-corrected chi connectivity index (χ1v) is 7.69. The van der Waals surface area contributed by atoms with E-state index in [4.69, 9.17) is 4.42 Å². The van der Waals surface area contributed by atoms with Crippen molar-refractivity contribution in [3.8, 4) is 0 Å². The third-order valence-electron chi connectivity index (χ3n) is 3.11. The zero-order valence-electron chi connectivity index (χ0n) is 12.0. The number of rotatable bonds is 4. The van der Waals surface area contributed by atoms with Crippen molar-refractivity contribution in [3.63, 3.8) is 0 Å². The first kappa shape index (κ1) is 15.5. The van der Waals surface area contributed by atoms with Crippen molar-refractivity contribution in [2.24, 2.45) is 0 Å². The number of nitrogens with one attached hydrogen (secondary N) is 1. The molecular formula is C16H12F2N2O2S. The van der Waals surface area contributed by atoms with E-state index in [1.165, 1.54) is 6.07 Å². The minimum Gasteiger partial charge on any atom is -0.431 e. The molecular weight excluding hydrogens is 322 g/mol. The van der Waals surface area contributed by atoms with Gasteiger partial charge in [0, 0.05) is 11.8 Å². The number of fused-ring (bicyclic) bond motifs is 1. The molecule has 1 atom stereocenters. The Morgan fingerprint density at radius 3 is 2.74 bits per heavy atom. The van der Waals surface area contributed by atoms with Gasteiger partial charge in [-0.15, -0.1) is 0 Å². The molecule has 23 heavy (non-hydrogen) atoms. The van der Waals surface area contributed by atoms with Crippen LogP contribution in [-0.2, 0) is 4.79 Å². The van der Waals surface area contributed by atoms with Gasteiger partial charge in [-0.05, 0) is 31.2 Å². The Balaban J connectivity index is 1.68. The maximum absolute atomic E-state index is 13.1. The van der Waals surface area contributed by atoms with Crippen LogP contribution in [0.25, 0.3) is 11.1 Å². The number of nitrogens with zero attached hydrogens (tertiary/aromatic N) is 1. The number of hydrogen-bond acceptors (Lipinski definition) is 4. The van der Waals surface area contributed by atoms with E-state index in [-0.39, 0.29) is 11.6 Å². The number of hydrogen-bond donors (Lipinski definition) is 1. The van der Waals surface area contributed by atoms with Gasteiger partial charge in [0.25, 0.3) is 5.22 Å². The Morgan fingerprint density at radius 2 is 2.00 bits per heavy atom. The molecule has 0 aliphatic carbocycles. The largest absolute Gasteiger partial charge is 0.431 e. The summed E-state index contributed by atoms with van der Waals surface area (Å²) >= 11 is 1.15. The number of amides is 1. The summed E-state index contributed by atoms with van der Waals surface area (Å²) in [6, 6.07) is 10.5. The fourth-order valence-corrected chi connectivity index (χ4v) is 2.68. The van der Waals surface area contributed by atoms with Gasteiger partial charge < -0.3 is 9.73 Å². The molecule has 2 aromatic carbocycles. The zero-order chi connectivity index (χ0) is 16.4. The molecule has 118 valence electrons. The normalized spacial score (nSPS) is 12.3. The lowest BCUT2D eigenvalue weighted by Crippen LogP contribution is -2.22. The van der Waals surface area contributed by atoms with Crippen molar-refractivity contribution in [3.05, 3.63) is 54.1 Å². The first-order valence-electron chi connectivity index (χ1n) is 6.81. The van der Waals surface area contributed by atoms with Gasteiger partial charge >= 0.3 is 0 Å². The summed E-state index contributed by atoms with van der Waals surface area (Å²) in [6.45, 7) is 1.68. The first-order chi connectivity index (χ1) is 11.0. The molecule has 1 N–H and O–H groups in total. The second kappa shape index (κ2) is 6.37. The number of thioether (sulfide) groups is 1. The molecule has 3 rings (SSSR count). The van der Waals surface area contributed by atoms with Crippen molar-refractivity contribution < 1.29 is 18.0 Å². The van der Waals surface area contributed by atoms with Crippen LogP contribution < -0.4 is 5.32 Å². The van der Waals surface area contributed by atoms with E-state index in [1.54, 1.807) is 13.0 Å². The molecule has 3 aromatic rings. The fourth-order valence-electron chi connectivity index (χ4n) is 1.92. The van der Waals surface area contributed by atoms with Gasteiger partial charge in [0.1, 0.15) is 5.52 Å². The molecule has 0 saturated carbocycles. The molecule has 0 aliphatic heterocycles. The highest BCUT2D eigenvalue weighted by molar-refractivity contribution is 8.00. The minimum atomic E-state index is -1.01. The number of anilines is 1.